The highest BCUT2D eigenvalue weighted by Crippen LogP contribution is 2.22. The Kier molecular flexibility index (Phi) is 4.24. The molecular weight excluding hydrogens is 314 g/mol. The fraction of sp³-hybridized carbons (Fsp3) is 0.0714. The number of rotatable bonds is 3. The molecule has 0 bridgehead atoms. The van der Waals surface area contributed by atoms with Crippen LogP contribution in [0.3, 0.4) is 0 Å². The van der Waals surface area contributed by atoms with Crippen LogP contribution in [-0.4, -0.2) is 0 Å². The molecule has 0 atom stereocenters. The summed E-state index contributed by atoms with van der Waals surface area (Å²) in [5.74, 6) is 0.768. The predicted octanol–water partition coefficient (Wildman–Crippen LogP) is 4.55. The Bertz CT molecular complexity index is 607. The van der Waals surface area contributed by atoms with Gasteiger partial charge >= 0.3 is 0 Å². The first-order valence-corrected chi connectivity index (χ1v) is 6.43. The van der Waals surface area contributed by atoms with Crippen molar-refractivity contribution in [2.24, 2.45) is 0 Å². The molecular formula is C14H9BrClNO. The van der Waals surface area contributed by atoms with Crippen LogP contribution < -0.4 is 4.74 Å². The monoisotopic (exact) mass is 321 g/mol. The Balaban J connectivity index is 2.09. The smallest absolute Gasteiger partial charge is 0.120 e. The fourth-order valence-electron chi connectivity index (χ4n) is 1.45. The summed E-state index contributed by atoms with van der Waals surface area (Å²) >= 11 is 9.44. The first-order chi connectivity index (χ1) is 8.69. The maximum atomic E-state index is 8.75. The Morgan fingerprint density at radius 1 is 1.22 bits per heavy atom. The van der Waals surface area contributed by atoms with E-state index in [1.807, 2.05) is 30.3 Å². The van der Waals surface area contributed by atoms with E-state index in [4.69, 9.17) is 21.6 Å². The average Bonchev–Trinajstić information content (AvgIpc) is 2.37. The Morgan fingerprint density at radius 2 is 2.06 bits per heavy atom. The summed E-state index contributed by atoms with van der Waals surface area (Å²) in [4.78, 5) is 0. The van der Waals surface area contributed by atoms with Crippen molar-refractivity contribution in [1.29, 1.82) is 5.26 Å². The summed E-state index contributed by atoms with van der Waals surface area (Å²) in [5.41, 5.74) is 1.40. The number of nitrogens with zero attached hydrogens (tertiary/aromatic N) is 1. The van der Waals surface area contributed by atoms with Gasteiger partial charge in [-0.05, 0) is 30.3 Å². The van der Waals surface area contributed by atoms with E-state index in [0.717, 1.165) is 15.8 Å². The lowest BCUT2D eigenvalue weighted by Crippen LogP contribution is -1.96. The van der Waals surface area contributed by atoms with E-state index in [2.05, 4.69) is 15.9 Å². The van der Waals surface area contributed by atoms with Crippen LogP contribution in [0, 0.1) is 11.3 Å². The van der Waals surface area contributed by atoms with Gasteiger partial charge in [-0.15, -0.1) is 0 Å². The first-order valence-electron chi connectivity index (χ1n) is 5.26. The molecule has 0 spiro atoms. The molecule has 2 nitrogen and oxygen atoms in total. The molecule has 0 heterocycles. The molecule has 2 aromatic rings. The zero-order valence-corrected chi connectivity index (χ0v) is 11.7. The molecule has 0 aromatic heterocycles. The summed E-state index contributed by atoms with van der Waals surface area (Å²) in [6, 6.07) is 14.8. The third-order valence-electron chi connectivity index (χ3n) is 2.37. The van der Waals surface area contributed by atoms with Crippen LogP contribution in [0.1, 0.15) is 11.1 Å². The van der Waals surface area contributed by atoms with Crippen LogP contribution in [0.15, 0.2) is 46.9 Å². The second kappa shape index (κ2) is 5.90. The highest BCUT2D eigenvalue weighted by molar-refractivity contribution is 9.10. The summed E-state index contributed by atoms with van der Waals surface area (Å²) < 4.78 is 6.59. The predicted molar refractivity (Wildman–Crippen MR) is 74.6 cm³/mol. The summed E-state index contributed by atoms with van der Waals surface area (Å²) in [5, 5.41) is 9.29. The van der Waals surface area contributed by atoms with Gasteiger partial charge in [0, 0.05) is 15.1 Å². The van der Waals surface area contributed by atoms with E-state index < -0.39 is 0 Å². The topological polar surface area (TPSA) is 33.0 Å². The summed E-state index contributed by atoms with van der Waals surface area (Å²) in [7, 11) is 0. The van der Waals surface area contributed by atoms with E-state index in [1.165, 1.54) is 0 Å². The van der Waals surface area contributed by atoms with Crippen molar-refractivity contribution in [1.82, 2.24) is 0 Å². The third kappa shape index (κ3) is 3.25. The highest BCUT2D eigenvalue weighted by Gasteiger charge is 2.03. The lowest BCUT2D eigenvalue weighted by atomic mass is 10.1. The van der Waals surface area contributed by atoms with Gasteiger partial charge < -0.3 is 4.74 Å². The SMILES string of the molecule is N#Cc1ccc(COc2cccc(Br)c2)c(Cl)c1. The van der Waals surface area contributed by atoms with E-state index in [0.29, 0.717) is 17.2 Å². The van der Waals surface area contributed by atoms with Crippen LogP contribution in [0.4, 0.5) is 0 Å². The van der Waals surface area contributed by atoms with Crippen molar-refractivity contribution in [3.63, 3.8) is 0 Å². The lowest BCUT2D eigenvalue weighted by Gasteiger charge is -2.08. The molecule has 0 amide bonds. The quantitative estimate of drug-likeness (QED) is 0.830. The van der Waals surface area contributed by atoms with Gasteiger partial charge in [0.15, 0.2) is 0 Å². The van der Waals surface area contributed by atoms with E-state index in [9.17, 15) is 0 Å². The van der Waals surface area contributed by atoms with E-state index in [1.54, 1.807) is 18.2 Å². The first kappa shape index (κ1) is 12.9. The zero-order chi connectivity index (χ0) is 13.0. The van der Waals surface area contributed by atoms with Gasteiger partial charge in [-0.2, -0.15) is 5.26 Å². The van der Waals surface area contributed by atoms with E-state index >= 15 is 0 Å². The van der Waals surface area contributed by atoms with Gasteiger partial charge in [0.25, 0.3) is 0 Å². The molecule has 0 N–H and O–H groups in total. The molecule has 0 aliphatic rings. The van der Waals surface area contributed by atoms with Gasteiger partial charge in [0.2, 0.25) is 0 Å². The van der Waals surface area contributed by atoms with E-state index in [-0.39, 0.29) is 0 Å². The minimum Gasteiger partial charge on any atom is -0.489 e. The fourth-order valence-corrected chi connectivity index (χ4v) is 2.07. The number of benzene rings is 2. The Hall–Kier alpha value is -1.50. The molecule has 0 aliphatic heterocycles. The molecule has 4 heteroatoms. The second-order valence-corrected chi connectivity index (χ2v) is 4.99. The normalized spacial score (nSPS) is 9.83. The van der Waals surface area contributed by atoms with Crippen molar-refractivity contribution < 1.29 is 4.74 Å². The van der Waals surface area contributed by atoms with Crippen molar-refractivity contribution in [3.8, 4) is 11.8 Å². The third-order valence-corrected chi connectivity index (χ3v) is 3.22. The minimum absolute atomic E-state index is 0.376. The van der Waals surface area contributed by atoms with Crippen LogP contribution in [0.25, 0.3) is 0 Å². The molecule has 0 aliphatic carbocycles. The standard InChI is InChI=1S/C14H9BrClNO/c15-12-2-1-3-13(7-12)18-9-11-5-4-10(8-17)6-14(11)16/h1-7H,9H2. The maximum Gasteiger partial charge on any atom is 0.120 e. The van der Waals surface area contributed by atoms with Gasteiger partial charge in [-0.3, -0.25) is 0 Å². The van der Waals surface area contributed by atoms with Crippen LogP contribution in [0.2, 0.25) is 5.02 Å². The molecule has 18 heavy (non-hydrogen) atoms. The van der Waals surface area contributed by atoms with Gasteiger partial charge in [0.1, 0.15) is 12.4 Å². The second-order valence-electron chi connectivity index (χ2n) is 3.66. The number of hydrogen-bond acceptors (Lipinski definition) is 2. The Labute approximate surface area is 119 Å². The minimum atomic E-state index is 0.376. The van der Waals surface area contributed by atoms with Crippen LogP contribution >= 0.6 is 27.5 Å². The molecule has 2 aromatic carbocycles. The lowest BCUT2D eigenvalue weighted by molar-refractivity contribution is 0.306. The van der Waals surface area contributed by atoms with Crippen molar-refractivity contribution in [2.45, 2.75) is 6.61 Å². The van der Waals surface area contributed by atoms with Crippen LogP contribution in [-0.2, 0) is 6.61 Å². The van der Waals surface area contributed by atoms with Gasteiger partial charge in [0.05, 0.1) is 11.6 Å². The number of ether oxygens (including phenoxy) is 1. The molecule has 0 radical (unpaired) electrons. The molecule has 0 unspecified atom stereocenters. The van der Waals surface area contributed by atoms with Gasteiger partial charge in [-0.1, -0.05) is 39.7 Å². The summed E-state index contributed by atoms with van der Waals surface area (Å²) in [6.07, 6.45) is 0. The number of nitriles is 1. The number of halogens is 2. The zero-order valence-electron chi connectivity index (χ0n) is 9.36. The van der Waals surface area contributed by atoms with Crippen molar-refractivity contribution in [2.75, 3.05) is 0 Å². The molecule has 0 fully saturated rings. The van der Waals surface area contributed by atoms with Crippen molar-refractivity contribution >= 4 is 27.5 Å². The Morgan fingerprint density at radius 3 is 2.72 bits per heavy atom. The highest BCUT2D eigenvalue weighted by atomic mass is 79.9. The average molecular weight is 323 g/mol. The number of hydrogen-bond donors (Lipinski definition) is 0. The summed E-state index contributed by atoms with van der Waals surface area (Å²) in [6.45, 7) is 0.376. The molecule has 2 rings (SSSR count). The molecule has 0 saturated heterocycles. The van der Waals surface area contributed by atoms with Gasteiger partial charge in [-0.25, -0.2) is 0 Å². The van der Waals surface area contributed by atoms with Crippen molar-refractivity contribution in [3.05, 3.63) is 63.1 Å². The molecule has 90 valence electrons. The van der Waals surface area contributed by atoms with Crippen LogP contribution in [0.5, 0.6) is 5.75 Å². The molecule has 0 saturated carbocycles. The maximum absolute atomic E-state index is 8.75. The largest absolute Gasteiger partial charge is 0.489 e.